The van der Waals surface area contributed by atoms with E-state index in [0.29, 0.717) is 0 Å². The van der Waals surface area contributed by atoms with E-state index in [1.165, 1.54) is 0 Å². The molecule has 0 fully saturated rings. The Morgan fingerprint density at radius 2 is 2.40 bits per heavy atom. The Bertz CT molecular complexity index is 24.8. The summed E-state index contributed by atoms with van der Waals surface area (Å²) in [4.78, 5) is 12.1. The van der Waals surface area contributed by atoms with Crippen molar-refractivity contribution in [3.8, 4) is 0 Å². The van der Waals surface area contributed by atoms with Gasteiger partial charge in [-0.3, -0.25) is 9.68 Å². The molecular formula is CH2O4. The van der Waals surface area contributed by atoms with E-state index in [1.54, 1.807) is 0 Å². The third-order valence-corrected chi connectivity index (χ3v) is 0.0823. The van der Waals surface area contributed by atoms with Gasteiger partial charge in [-0.15, -0.1) is 0 Å². The molecule has 0 aliphatic rings. The van der Waals surface area contributed by atoms with Crippen molar-refractivity contribution < 1.29 is 20.0 Å². The largest absolute Gasteiger partial charge is 0.334 e. The van der Waals surface area contributed by atoms with Crippen molar-refractivity contribution in [3.63, 3.8) is 0 Å². The lowest BCUT2D eigenvalue weighted by Gasteiger charge is -1.76. The zero-order valence-corrected chi connectivity index (χ0v) is 2.25. The molecule has 0 aromatic carbocycles. The van der Waals surface area contributed by atoms with Crippen LogP contribution >= 0.6 is 0 Å². The molecule has 0 unspecified atom stereocenters. The molecule has 0 saturated carbocycles. The molecule has 1 N–H and O–H groups in total. The van der Waals surface area contributed by atoms with Crippen LogP contribution in [0.2, 0.25) is 0 Å². The lowest BCUT2D eigenvalue weighted by molar-refractivity contribution is -0.456. The maximum Gasteiger partial charge on any atom is 0.334 e. The molecule has 30 valence electrons. The summed E-state index contributed by atoms with van der Waals surface area (Å²) < 4.78 is 0. The van der Waals surface area contributed by atoms with E-state index in [9.17, 15) is 0 Å². The van der Waals surface area contributed by atoms with Gasteiger partial charge in [-0.05, 0) is 5.04 Å². The lowest BCUT2D eigenvalue weighted by Crippen LogP contribution is -1.81. The standard InChI is InChI=1S/CH2O4/c2-1-4-5-3/h1,3H. The minimum atomic E-state index is -0.0417. The van der Waals surface area contributed by atoms with Crippen LogP contribution in [0.5, 0.6) is 0 Å². The normalized spacial score (nSPS) is 6.60. The molecule has 0 saturated heterocycles. The Kier molecular flexibility index (Phi) is 2.98. The summed E-state index contributed by atoms with van der Waals surface area (Å²) in [5.41, 5.74) is 0. The van der Waals surface area contributed by atoms with E-state index in [1.807, 2.05) is 0 Å². The van der Waals surface area contributed by atoms with E-state index < -0.39 is 0 Å². The number of rotatable bonds is 2. The molecular weight excluding hydrogens is 76.0 g/mol. The van der Waals surface area contributed by atoms with Crippen LogP contribution in [0, 0.1) is 0 Å². The summed E-state index contributed by atoms with van der Waals surface area (Å²) in [5.74, 6) is 0. The minimum absolute atomic E-state index is 0.0417. The van der Waals surface area contributed by atoms with Crippen LogP contribution in [0.3, 0.4) is 0 Å². The van der Waals surface area contributed by atoms with Crippen molar-refractivity contribution in [2.75, 3.05) is 0 Å². The fraction of sp³-hybridized carbons (Fsp3) is 0. The van der Waals surface area contributed by atoms with Crippen molar-refractivity contribution in [2.24, 2.45) is 0 Å². The monoisotopic (exact) mass is 78.0 g/mol. The van der Waals surface area contributed by atoms with Gasteiger partial charge in [-0.25, -0.2) is 5.26 Å². The molecule has 0 atom stereocenters. The van der Waals surface area contributed by atoms with Gasteiger partial charge in [-0.2, -0.15) is 0 Å². The first-order valence-corrected chi connectivity index (χ1v) is 0.821. The fourth-order valence-electron chi connectivity index (χ4n) is 0.0176. The minimum Gasteiger partial charge on any atom is -0.272 e. The highest BCUT2D eigenvalue weighted by atomic mass is 17.5. The quantitative estimate of drug-likeness (QED) is 0.276. The number of carbonyl (C=O) groups excluding carboxylic acids is 1. The third-order valence-electron chi connectivity index (χ3n) is 0.0823. The average Bonchev–Trinajstić information content (AvgIpc) is 1.41. The zero-order valence-electron chi connectivity index (χ0n) is 2.25. The predicted molar refractivity (Wildman–Crippen MR) is 10.9 cm³/mol. The molecule has 5 heavy (non-hydrogen) atoms. The summed E-state index contributed by atoms with van der Waals surface area (Å²) in [6, 6.07) is 0. The first-order chi connectivity index (χ1) is 2.41. The van der Waals surface area contributed by atoms with E-state index in [-0.39, 0.29) is 6.47 Å². The second kappa shape index (κ2) is 3.39. The van der Waals surface area contributed by atoms with Crippen LogP contribution in [0.1, 0.15) is 0 Å². The Morgan fingerprint density at radius 3 is 2.40 bits per heavy atom. The van der Waals surface area contributed by atoms with Gasteiger partial charge in [0.2, 0.25) is 0 Å². The highest BCUT2D eigenvalue weighted by molar-refractivity contribution is 5.35. The van der Waals surface area contributed by atoms with Crippen molar-refractivity contribution in [3.05, 3.63) is 0 Å². The smallest absolute Gasteiger partial charge is 0.272 e. The Labute approximate surface area is 27.8 Å². The Hall–Kier alpha value is -0.610. The van der Waals surface area contributed by atoms with Crippen molar-refractivity contribution in [2.45, 2.75) is 0 Å². The SMILES string of the molecule is O=COOO. The zero-order chi connectivity index (χ0) is 4.12. The summed E-state index contributed by atoms with van der Waals surface area (Å²) in [6.07, 6.45) is 0. The van der Waals surface area contributed by atoms with Gasteiger partial charge in [-0.1, -0.05) is 0 Å². The molecule has 0 aliphatic heterocycles. The van der Waals surface area contributed by atoms with Crippen LogP contribution in [-0.2, 0) is 14.7 Å². The molecule has 4 nitrogen and oxygen atoms in total. The molecule has 0 rings (SSSR count). The van der Waals surface area contributed by atoms with Crippen molar-refractivity contribution in [1.29, 1.82) is 0 Å². The fourth-order valence-corrected chi connectivity index (χ4v) is 0.0176. The molecule has 0 aromatic heterocycles. The molecule has 0 aliphatic carbocycles. The van der Waals surface area contributed by atoms with Crippen LogP contribution in [0.15, 0.2) is 0 Å². The molecule has 4 heteroatoms. The molecule has 0 aromatic rings. The highest BCUT2D eigenvalue weighted by Gasteiger charge is 1.62. The third kappa shape index (κ3) is 3.39. The summed E-state index contributed by atoms with van der Waals surface area (Å²) >= 11 is 0. The van der Waals surface area contributed by atoms with Gasteiger partial charge in [0.1, 0.15) is 0 Å². The van der Waals surface area contributed by atoms with Crippen molar-refractivity contribution >= 4 is 6.47 Å². The van der Waals surface area contributed by atoms with Gasteiger partial charge < -0.3 is 0 Å². The number of hydrogen-bond acceptors (Lipinski definition) is 4. The number of carbonyl (C=O) groups is 1. The Morgan fingerprint density at radius 1 is 1.80 bits per heavy atom. The van der Waals surface area contributed by atoms with Gasteiger partial charge >= 0.3 is 6.47 Å². The second-order valence-corrected chi connectivity index (χ2v) is 0.267. The van der Waals surface area contributed by atoms with E-state index in [4.69, 9.17) is 10.1 Å². The van der Waals surface area contributed by atoms with Gasteiger partial charge in [0, 0.05) is 0 Å². The van der Waals surface area contributed by atoms with Crippen LogP contribution in [0.4, 0.5) is 0 Å². The highest BCUT2D eigenvalue weighted by Crippen LogP contribution is 1.54. The maximum absolute atomic E-state index is 8.90. The maximum atomic E-state index is 8.90. The van der Waals surface area contributed by atoms with E-state index in [0.717, 1.165) is 0 Å². The molecule has 0 radical (unpaired) electrons. The summed E-state index contributed by atoms with van der Waals surface area (Å²) in [7, 11) is 0. The molecule has 0 heterocycles. The number of hydrogen-bond donors (Lipinski definition) is 1. The summed E-state index contributed by atoms with van der Waals surface area (Å²) in [6.45, 7) is -0.0417. The lowest BCUT2D eigenvalue weighted by atomic mass is 11.7. The Balaban J connectivity index is 2.40. The van der Waals surface area contributed by atoms with E-state index in [2.05, 4.69) is 9.93 Å². The molecule has 0 amide bonds. The molecule has 0 bridgehead atoms. The van der Waals surface area contributed by atoms with Crippen molar-refractivity contribution in [1.82, 2.24) is 0 Å². The van der Waals surface area contributed by atoms with Gasteiger partial charge in [0.05, 0.1) is 0 Å². The van der Waals surface area contributed by atoms with Crippen LogP contribution in [-0.4, -0.2) is 11.7 Å². The predicted octanol–water partition coefficient (Wildman–Crippen LogP) is -0.436. The topological polar surface area (TPSA) is 55.8 Å². The summed E-state index contributed by atoms with van der Waals surface area (Å²) in [5, 5.41) is 9.94. The first kappa shape index (κ1) is 4.39. The first-order valence-electron chi connectivity index (χ1n) is 0.821. The molecule has 0 spiro atoms. The van der Waals surface area contributed by atoms with Gasteiger partial charge in [0.15, 0.2) is 0 Å². The van der Waals surface area contributed by atoms with Crippen LogP contribution in [0.25, 0.3) is 0 Å². The van der Waals surface area contributed by atoms with Crippen LogP contribution < -0.4 is 0 Å². The van der Waals surface area contributed by atoms with E-state index >= 15 is 0 Å². The van der Waals surface area contributed by atoms with Gasteiger partial charge in [0.25, 0.3) is 0 Å². The average molecular weight is 78.0 g/mol. The second-order valence-electron chi connectivity index (χ2n) is 0.267.